The number of quaternary nitrogens is 1. The number of nitrogens with one attached hydrogen (secondary N) is 2. The summed E-state index contributed by atoms with van der Waals surface area (Å²) in [7, 11) is 0. The zero-order valence-electron chi connectivity index (χ0n) is 20.7. The number of thioether (sulfide) groups is 1. The number of carbonyl (C=O) groups is 1. The molecule has 2 saturated carbocycles. The highest BCUT2D eigenvalue weighted by molar-refractivity contribution is 8.00. The van der Waals surface area contributed by atoms with E-state index < -0.39 is 6.10 Å². The van der Waals surface area contributed by atoms with Crippen LogP contribution in [0.2, 0.25) is 0 Å². The van der Waals surface area contributed by atoms with Gasteiger partial charge in [-0.3, -0.25) is 15.0 Å². The number of nitrogens with zero attached hydrogens (tertiary/aromatic N) is 1. The van der Waals surface area contributed by atoms with Crippen LogP contribution in [0.4, 0.5) is 0 Å². The average molecular weight is 482 g/mol. The predicted molar refractivity (Wildman–Crippen MR) is 133 cm³/mol. The molecular formula is C25H45N4O3S+. The number of morpholine rings is 1. The normalized spacial score (nSPS) is 42.2. The Morgan fingerprint density at radius 2 is 2.18 bits per heavy atom. The molecule has 4 fully saturated rings. The van der Waals surface area contributed by atoms with Gasteiger partial charge in [-0.1, -0.05) is 38.6 Å². The minimum Gasteiger partial charge on any atom is -0.392 e. The van der Waals surface area contributed by atoms with E-state index in [2.05, 4.69) is 53.0 Å². The number of ether oxygens (including phenoxy) is 1. The lowest BCUT2D eigenvalue weighted by Crippen LogP contribution is -2.96. The molecule has 0 radical (unpaired) electrons. The van der Waals surface area contributed by atoms with Crippen molar-refractivity contribution in [2.45, 2.75) is 62.9 Å². The molecule has 2 saturated heterocycles. The molecule has 0 aromatic heterocycles. The quantitative estimate of drug-likeness (QED) is 0.380. The van der Waals surface area contributed by atoms with Crippen LogP contribution < -0.4 is 16.0 Å². The number of aliphatic hydroxyl groups is 1. The summed E-state index contributed by atoms with van der Waals surface area (Å²) in [6, 6.07) is 0.515. The van der Waals surface area contributed by atoms with Crippen LogP contribution in [0.25, 0.3) is 0 Å². The van der Waals surface area contributed by atoms with Gasteiger partial charge < -0.3 is 20.5 Å². The van der Waals surface area contributed by atoms with Crippen LogP contribution in [0.3, 0.4) is 0 Å². The topological polar surface area (TPSA) is 90.4 Å². The monoisotopic (exact) mass is 481 g/mol. The summed E-state index contributed by atoms with van der Waals surface area (Å²) < 4.78 is 5.40. The van der Waals surface area contributed by atoms with Crippen molar-refractivity contribution < 1.29 is 20.0 Å². The Bertz CT molecular complexity index is 691. The van der Waals surface area contributed by atoms with Crippen LogP contribution in [0.15, 0.2) is 12.7 Å². The van der Waals surface area contributed by atoms with Crippen LogP contribution in [-0.2, 0) is 9.53 Å². The highest BCUT2D eigenvalue weighted by Gasteiger charge is 2.60. The van der Waals surface area contributed by atoms with E-state index in [1.54, 1.807) is 0 Å². The van der Waals surface area contributed by atoms with Crippen molar-refractivity contribution in [1.82, 2.24) is 15.5 Å². The molecule has 2 heterocycles. The Balaban J connectivity index is 1.34. The fraction of sp³-hybridized carbons (Fsp3) is 0.880. The molecule has 188 valence electrons. The molecule has 8 heteroatoms. The summed E-state index contributed by atoms with van der Waals surface area (Å²) in [4.78, 5) is 15.3. The van der Waals surface area contributed by atoms with E-state index in [-0.39, 0.29) is 29.1 Å². The number of carbonyl (C=O) groups excluding carboxylic acids is 1. The summed E-state index contributed by atoms with van der Waals surface area (Å²) in [6.45, 7) is 16.4. The van der Waals surface area contributed by atoms with Crippen LogP contribution in [0.5, 0.6) is 0 Å². The molecule has 1 amide bonds. The molecule has 0 aromatic carbocycles. The van der Waals surface area contributed by atoms with E-state index in [4.69, 9.17) is 4.74 Å². The standard InChI is InChI=1S/C25H44N4O3S/c1-5-8-27-24-28-21-17(3)20-22(30)18(6-7-25(20,4)15-19(21)33-24)16(2)23(31)26-9-10-29-11-13-32-14-12-29/h5,16-22,24,27-28,30H,1,6-15H2,2-4H3,(H,26,31)/p+1/t16-,17+,18+,19?,20+,21?,22-,24?,25+/m0/s1. The molecule has 33 heavy (non-hydrogen) atoms. The lowest BCUT2D eigenvalue weighted by Gasteiger charge is -2.55. The van der Waals surface area contributed by atoms with Gasteiger partial charge in [0.1, 0.15) is 6.04 Å². The molecule has 2 aliphatic carbocycles. The smallest absolute Gasteiger partial charge is 0.223 e. The second-order valence-corrected chi connectivity index (χ2v) is 12.4. The van der Waals surface area contributed by atoms with Crippen LogP contribution >= 0.6 is 11.8 Å². The minimum atomic E-state index is -0.418. The lowest BCUT2D eigenvalue weighted by molar-refractivity contribution is -0.707. The number of aliphatic hydroxyl groups excluding tert-OH is 1. The van der Waals surface area contributed by atoms with E-state index in [0.717, 1.165) is 58.7 Å². The van der Waals surface area contributed by atoms with Crippen molar-refractivity contribution in [3.8, 4) is 0 Å². The second-order valence-electron chi connectivity index (χ2n) is 11.0. The maximum Gasteiger partial charge on any atom is 0.223 e. The molecule has 4 rings (SSSR count). The van der Waals surface area contributed by atoms with E-state index in [0.29, 0.717) is 29.3 Å². The molecule has 3 unspecified atom stereocenters. The van der Waals surface area contributed by atoms with Crippen LogP contribution in [0.1, 0.15) is 40.0 Å². The fourth-order valence-corrected chi connectivity index (χ4v) is 8.96. The first kappa shape index (κ1) is 25.5. The first-order chi connectivity index (χ1) is 15.8. The van der Waals surface area contributed by atoms with Crippen molar-refractivity contribution in [3.63, 3.8) is 0 Å². The van der Waals surface area contributed by atoms with Crippen molar-refractivity contribution in [3.05, 3.63) is 12.7 Å². The molecule has 5 N–H and O–H groups in total. The number of rotatable bonds is 8. The van der Waals surface area contributed by atoms with E-state index in [1.807, 2.05) is 13.0 Å². The van der Waals surface area contributed by atoms with Crippen molar-refractivity contribution in [1.29, 1.82) is 0 Å². The molecule has 0 spiro atoms. The molecule has 7 nitrogen and oxygen atoms in total. The molecule has 0 aromatic rings. The first-order valence-electron chi connectivity index (χ1n) is 12.9. The molecule has 9 atom stereocenters. The third-order valence-corrected chi connectivity index (χ3v) is 10.4. The molecule has 2 aliphatic heterocycles. The Morgan fingerprint density at radius 1 is 1.42 bits per heavy atom. The van der Waals surface area contributed by atoms with Gasteiger partial charge in [0, 0.05) is 44.6 Å². The van der Waals surface area contributed by atoms with Gasteiger partial charge >= 0.3 is 0 Å². The average Bonchev–Trinajstić information content (AvgIpc) is 3.20. The van der Waals surface area contributed by atoms with E-state index >= 15 is 0 Å². The van der Waals surface area contributed by atoms with E-state index in [9.17, 15) is 9.90 Å². The predicted octanol–water partition coefficient (Wildman–Crippen LogP) is 0.611. The summed E-state index contributed by atoms with van der Waals surface area (Å²) in [5, 5.41) is 21.4. The Hall–Kier alpha value is -0.640. The minimum absolute atomic E-state index is 0.0363. The number of fused-ring (bicyclic) bond motifs is 2. The van der Waals surface area contributed by atoms with Gasteiger partial charge in [-0.15, -0.1) is 6.58 Å². The number of hydrogen-bond donors (Lipinski definition) is 4. The summed E-state index contributed by atoms with van der Waals surface area (Å²) in [6.07, 6.45) is 4.69. The Labute approximate surface area is 203 Å². The van der Waals surface area contributed by atoms with Gasteiger partial charge in [0.25, 0.3) is 0 Å². The zero-order valence-corrected chi connectivity index (χ0v) is 21.5. The first-order valence-corrected chi connectivity index (χ1v) is 13.9. The molecule has 4 aliphatic rings. The third-order valence-electron chi connectivity index (χ3n) is 9.00. The van der Waals surface area contributed by atoms with Crippen LogP contribution in [-0.4, -0.2) is 84.7 Å². The second kappa shape index (κ2) is 11.0. The third kappa shape index (κ3) is 5.46. The largest absolute Gasteiger partial charge is 0.392 e. The number of amides is 1. The zero-order chi connectivity index (χ0) is 23.6. The number of hydrogen-bond acceptors (Lipinski definition) is 6. The Kier molecular flexibility index (Phi) is 8.45. The van der Waals surface area contributed by atoms with Gasteiger partial charge in [-0.25, -0.2) is 0 Å². The maximum absolute atomic E-state index is 13.0. The summed E-state index contributed by atoms with van der Waals surface area (Å²) in [5.74, 6) is 0.633. The Morgan fingerprint density at radius 3 is 2.91 bits per heavy atom. The van der Waals surface area contributed by atoms with Gasteiger partial charge in [0.15, 0.2) is 5.50 Å². The van der Waals surface area contributed by atoms with Gasteiger partial charge in [-0.2, -0.15) is 0 Å². The number of nitrogens with two attached hydrogens (primary N) is 1. The maximum atomic E-state index is 13.0. The van der Waals surface area contributed by atoms with Crippen molar-refractivity contribution in [2.75, 3.05) is 45.9 Å². The lowest BCUT2D eigenvalue weighted by atomic mass is 9.51. The van der Waals surface area contributed by atoms with Crippen LogP contribution in [0, 0.1) is 29.1 Å². The van der Waals surface area contributed by atoms with Gasteiger partial charge in [0.05, 0.1) is 24.6 Å². The summed E-state index contributed by atoms with van der Waals surface area (Å²) >= 11 is 2.05. The SMILES string of the molecule is C=CCNC1[NH2+]C2C(C[C@@]3(C)CC[C@H]([C@H](C)C(=O)NCCN4CCOCC4)[C@H](O)[C@H]3[C@H]2C)S1. The highest BCUT2D eigenvalue weighted by Crippen LogP contribution is 2.57. The van der Waals surface area contributed by atoms with Crippen molar-refractivity contribution in [2.24, 2.45) is 29.1 Å². The van der Waals surface area contributed by atoms with Crippen molar-refractivity contribution >= 4 is 17.7 Å². The van der Waals surface area contributed by atoms with Gasteiger partial charge in [-0.05, 0) is 36.5 Å². The summed E-state index contributed by atoms with van der Waals surface area (Å²) in [5.41, 5.74) is 0.519. The fourth-order valence-electron chi connectivity index (χ4n) is 7.12. The highest BCUT2D eigenvalue weighted by atomic mass is 32.2. The molecular weight excluding hydrogens is 436 g/mol. The van der Waals surface area contributed by atoms with Gasteiger partial charge in [0.2, 0.25) is 5.91 Å². The molecule has 0 bridgehead atoms. The van der Waals surface area contributed by atoms with E-state index in [1.165, 1.54) is 0 Å².